The molecule has 25 heavy (non-hydrogen) atoms. The molecule has 0 saturated carbocycles. The molecule has 3 aromatic rings. The molecule has 0 radical (unpaired) electrons. The van der Waals surface area contributed by atoms with E-state index in [1.165, 1.54) is 11.3 Å². The highest BCUT2D eigenvalue weighted by Gasteiger charge is 2.13. The molecule has 2 aromatic carbocycles. The number of aryl methyl sites for hydroxylation is 2. The number of rotatable bonds is 5. The zero-order valence-corrected chi connectivity index (χ0v) is 15.5. The van der Waals surface area contributed by atoms with Gasteiger partial charge in [-0.15, -0.1) is 0 Å². The van der Waals surface area contributed by atoms with E-state index < -0.39 is 0 Å². The molecule has 0 bridgehead atoms. The average molecular weight is 369 g/mol. The van der Waals surface area contributed by atoms with Crippen LogP contribution in [-0.2, 0) is 0 Å². The van der Waals surface area contributed by atoms with Gasteiger partial charge in [0.05, 0.1) is 10.6 Å². The lowest BCUT2D eigenvalue weighted by molar-refractivity contribution is 0.105. The Morgan fingerprint density at radius 2 is 1.84 bits per heavy atom. The highest BCUT2D eigenvalue weighted by atomic mass is 35.5. The van der Waals surface area contributed by atoms with E-state index in [9.17, 15) is 4.79 Å². The Labute approximate surface area is 156 Å². The molecule has 5 heteroatoms. The van der Waals surface area contributed by atoms with E-state index in [-0.39, 0.29) is 5.78 Å². The number of nitrogens with zero attached hydrogens (tertiary/aromatic N) is 1. The van der Waals surface area contributed by atoms with Gasteiger partial charge in [-0.25, -0.2) is 4.98 Å². The number of carbonyl (C=O) groups is 1. The number of hydrogen-bond acceptors (Lipinski definition) is 4. The average Bonchev–Trinajstić information content (AvgIpc) is 2.96. The van der Waals surface area contributed by atoms with Crippen LogP contribution in [0, 0.1) is 13.8 Å². The van der Waals surface area contributed by atoms with Crippen LogP contribution in [0.4, 0.5) is 10.8 Å². The molecule has 1 heterocycles. The Morgan fingerprint density at radius 3 is 2.60 bits per heavy atom. The predicted octanol–water partition coefficient (Wildman–Crippen LogP) is 6.05. The largest absolute Gasteiger partial charge is 0.331 e. The summed E-state index contributed by atoms with van der Waals surface area (Å²) >= 11 is 7.47. The molecular weight excluding hydrogens is 352 g/mol. The van der Waals surface area contributed by atoms with Crippen LogP contribution in [0.25, 0.3) is 6.08 Å². The van der Waals surface area contributed by atoms with E-state index in [0.717, 1.165) is 22.5 Å². The van der Waals surface area contributed by atoms with E-state index in [2.05, 4.69) is 10.3 Å². The summed E-state index contributed by atoms with van der Waals surface area (Å²) in [5.74, 6) is -0.0762. The van der Waals surface area contributed by atoms with Crippen molar-refractivity contribution in [1.82, 2.24) is 4.98 Å². The lowest BCUT2D eigenvalue weighted by atomic mass is 10.2. The van der Waals surface area contributed by atoms with Crippen LogP contribution in [0.2, 0.25) is 5.02 Å². The fourth-order valence-corrected chi connectivity index (χ4v) is 3.46. The van der Waals surface area contributed by atoms with Gasteiger partial charge in [-0.05, 0) is 49.3 Å². The summed E-state index contributed by atoms with van der Waals surface area (Å²) in [7, 11) is 0. The fraction of sp³-hybridized carbons (Fsp3) is 0.100. The van der Waals surface area contributed by atoms with Crippen molar-refractivity contribution in [1.29, 1.82) is 0 Å². The first-order valence-corrected chi connectivity index (χ1v) is 9.01. The number of benzene rings is 2. The third kappa shape index (κ3) is 4.16. The molecule has 0 aliphatic heterocycles. The minimum absolute atomic E-state index is 0.0762. The second kappa shape index (κ2) is 7.64. The smallest absolute Gasteiger partial charge is 0.197 e. The number of anilines is 2. The Bertz CT molecular complexity index is 946. The van der Waals surface area contributed by atoms with Crippen molar-refractivity contribution in [2.45, 2.75) is 13.8 Å². The third-order valence-electron chi connectivity index (χ3n) is 3.73. The zero-order chi connectivity index (χ0) is 17.8. The molecule has 3 rings (SSSR count). The van der Waals surface area contributed by atoms with Crippen LogP contribution in [0.5, 0.6) is 0 Å². The van der Waals surface area contributed by atoms with Crippen LogP contribution in [0.15, 0.2) is 54.6 Å². The summed E-state index contributed by atoms with van der Waals surface area (Å²) in [4.78, 5) is 17.6. The molecule has 0 atom stereocenters. The summed E-state index contributed by atoms with van der Waals surface area (Å²) in [6.45, 7) is 3.87. The molecular formula is C20H17ClN2OS. The number of para-hydroxylation sites is 1. The SMILES string of the molecule is Cc1ccccc1Nc1nc(C)c(C(=O)/C=C/c2ccccc2Cl)s1. The second-order valence-corrected chi connectivity index (χ2v) is 7.00. The Balaban J connectivity index is 1.79. The van der Waals surface area contributed by atoms with E-state index in [0.29, 0.717) is 15.0 Å². The first-order valence-electron chi connectivity index (χ1n) is 7.81. The van der Waals surface area contributed by atoms with Gasteiger partial charge in [0.2, 0.25) is 0 Å². The van der Waals surface area contributed by atoms with Crippen molar-refractivity contribution < 1.29 is 4.79 Å². The maximum atomic E-state index is 12.5. The van der Waals surface area contributed by atoms with Gasteiger partial charge in [-0.1, -0.05) is 59.3 Å². The van der Waals surface area contributed by atoms with Gasteiger partial charge in [0.25, 0.3) is 0 Å². The van der Waals surface area contributed by atoms with Crippen molar-refractivity contribution >= 4 is 45.6 Å². The van der Waals surface area contributed by atoms with E-state index in [1.54, 1.807) is 18.2 Å². The Morgan fingerprint density at radius 1 is 1.12 bits per heavy atom. The van der Waals surface area contributed by atoms with Crippen LogP contribution in [0.3, 0.4) is 0 Å². The minimum atomic E-state index is -0.0762. The van der Waals surface area contributed by atoms with Crippen molar-refractivity contribution in [2.24, 2.45) is 0 Å². The lowest BCUT2D eigenvalue weighted by Gasteiger charge is -2.05. The number of allylic oxidation sites excluding steroid dienone is 1. The first kappa shape index (κ1) is 17.4. The van der Waals surface area contributed by atoms with Gasteiger partial charge >= 0.3 is 0 Å². The topological polar surface area (TPSA) is 42.0 Å². The third-order valence-corrected chi connectivity index (χ3v) is 5.16. The molecule has 0 amide bonds. The molecule has 0 saturated heterocycles. The van der Waals surface area contributed by atoms with Gasteiger partial charge in [-0.3, -0.25) is 4.79 Å². The monoisotopic (exact) mass is 368 g/mol. The number of thiazole rings is 1. The Hall–Kier alpha value is -2.43. The summed E-state index contributed by atoms with van der Waals surface area (Å²) in [6.07, 6.45) is 3.28. The molecule has 0 aliphatic carbocycles. The number of aromatic nitrogens is 1. The zero-order valence-electron chi connectivity index (χ0n) is 13.9. The van der Waals surface area contributed by atoms with Gasteiger partial charge in [0.1, 0.15) is 0 Å². The van der Waals surface area contributed by atoms with Crippen LogP contribution in [0.1, 0.15) is 26.5 Å². The van der Waals surface area contributed by atoms with Crippen molar-refractivity contribution in [3.63, 3.8) is 0 Å². The van der Waals surface area contributed by atoms with E-state index >= 15 is 0 Å². The maximum absolute atomic E-state index is 12.5. The van der Waals surface area contributed by atoms with E-state index in [1.807, 2.05) is 56.3 Å². The number of ketones is 1. The summed E-state index contributed by atoms with van der Waals surface area (Å²) < 4.78 is 0. The van der Waals surface area contributed by atoms with Crippen LogP contribution in [-0.4, -0.2) is 10.8 Å². The maximum Gasteiger partial charge on any atom is 0.197 e. The second-order valence-electron chi connectivity index (χ2n) is 5.59. The normalized spacial score (nSPS) is 11.0. The lowest BCUT2D eigenvalue weighted by Crippen LogP contribution is -1.93. The molecule has 3 nitrogen and oxygen atoms in total. The van der Waals surface area contributed by atoms with Crippen molar-refractivity contribution in [2.75, 3.05) is 5.32 Å². The van der Waals surface area contributed by atoms with Gasteiger partial charge in [-0.2, -0.15) is 0 Å². The molecule has 126 valence electrons. The molecule has 1 aromatic heterocycles. The predicted molar refractivity (Wildman–Crippen MR) is 106 cm³/mol. The summed E-state index contributed by atoms with van der Waals surface area (Å²) in [6, 6.07) is 15.4. The molecule has 1 N–H and O–H groups in total. The fourth-order valence-electron chi connectivity index (χ4n) is 2.36. The minimum Gasteiger partial charge on any atom is -0.331 e. The van der Waals surface area contributed by atoms with E-state index in [4.69, 9.17) is 11.6 Å². The standard InChI is InChI=1S/C20H17ClN2OS/c1-13-7-3-6-10-17(13)23-20-22-14(2)19(25-20)18(24)12-11-15-8-4-5-9-16(15)21/h3-12H,1-2H3,(H,22,23)/b12-11+. The van der Waals surface area contributed by atoms with Crippen molar-refractivity contribution in [3.8, 4) is 0 Å². The number of nitrogens with one attached hydrogen (secondary N) is 1. The summed E-state index contributed by atoms with van der Waals surface area (Å²) in [5.41, 5.74) is 3.65. The first-order chi connectivity index (χ1) is 12.0. The number of halogens is 1. The summed E-state index contributed by atoms with van der Waals surface area (Å²) in [5, 5.41) is 4.61. The van der Waals surface area contributed by atoms with Crippen LogP contribution >= 0.6 is 22.9 Å². The number of carbonyl (C=O) groups excluding carboxylic acids is 1. The molecule has 0 aliphatic rings. The van der Waals surface area contributed by atoms with Gasteiger partial charge in [0.15, 0.2) is 10.9 Å². The molecule has 0 unspecified atom stereocenters. The quantitative estimate of drug-likeness (QED) is 0.440. The molecule has 0 fully saturated rings. The number of hydrogen-bond donors (Lipinski definition) is 1. The Kier molecular flexibility index (Phi) is 5.31. The van der Waals surface area contributed by atoms with Gasteiger partial charge in [0, 0.05) is 10.7 Å². The van der Waals surface area contributed by atoms with Gasteiger partial charge < -0.3 is 5.32 Å². The van der Waals surface area contributed by atoms with Crippen molar-refractivity contribution in [3.05, 3.63) is 81.3 Å². The highest BCUT2D eigenvalue weighted by Crippen LogP contribution is 2.28. The highest BCUT2D eigenvalue weighted by molar-refractivity contribution is 7.17. The van der Waals surface area contributed by atoms with Crippen LogP contribution < -0.4 is 5.32 Å². The molecule has 0 spiro atoms.